The smallest absolute Gasteiger partial charge is 0.275 e. The highest BCUT2D eigenvalue weighted by atomic mass is 16.2. The molecule has 4 aliphatic rings. The van der Waals surface area contributed by atoms with Crippen molar-refractivity contribution in [2.24, 2.45) is 17.8 Å². The first-order valence-electron chi connectivity index (χ1n) is 6.78. The summed E-state index contributed by atoms with van der Waals surface area (Å²) in [6.45, 7) is 0.585. The molecule has 0 aliphatic heterocycles. The highest BCUT2D eigenvalue weighted by Crippen LogP contribution is 2.55. The van der Waals surface area contributed by atoms with E-state index in [0.29, 0.717) is 6.54 Å². The maximum absolute atomic E-state index is 11.8. The van der Waals surface area contributed by atoms with Crippen LogP contribution in [0.4, 0.5) is 0 Å². The monoisotopic (exact) mass is 223 g/mol. The van der Waals surface area contributed by atoms with Crippen LogP contribution in [-0.2, 0) is 4.79 Å². The summed E-state index contributed by atoms with van der Waals surface area (Å²) in [5.74, 6) is 2.98. The van der Waals surface area contributed by atoms with Crippen molar-refractivity contribution in [3.8, 4) is 0 Å². The summed E-state index contributed by atoms with van der Waals surface area (Å²) >= 11 is 0. The van der Waals surface area contributed by atoms with E-state index in [0.717, 1.165) is 17.8 Å². The third-order valence-corrected chi connectivity index (χ3v) is 4.83. The fraction of sp³-hybridized carbons (Fsp3) is 0.923. The van der Waals surface area contributed by atoms with Gasteiger partial charge >= 0.3 is 0 Å². The van der Waals surface area contributed by atoms with Crippen molar-refractivity contribution in [1.29, 1.82) is 0 Å². The first-order chi connectivity index (χ1) is 7.69. The number of nitrogens with two attached hydrogens (primary N) is 1. The normalized spacial score (nSPS) is 44.7. The van der Waals surface area contributed by atoms with Crippen LogP contribution in [-0.4, -0.2) is 25.0 Å². The van der Waals surface area contributed by atoms with Crippen molar-refractivity contribution < 1.29 is 10.1 Å². The van der Waals surface area contributed by atoms with Gasteiger partial charge in [0.05, 0.1) is 7.05 Å². The summed E-state index contributed by atoms with van der Waals surface area (Å²) in [6.07, 6.45) is 8.09. The third kappa shape index (κ3) is 1.75. The average Bonchev–Trinajstić information content (AvgIpc) is 2.13. The molecule has 4 saturated carbocycles. The van der Waals surface area contributed by atoms with Crippen LogP contribution in [0.1, 0.15) is 38.5 Å². The molecule has 0 heterocycles. The zero-order chi connectivity index (χ0) is 11.2. The molecule has 90 valence electrons. The Morgan fingerprint density at radius 2 is 1.69 bits per heavy atom. The molecule has 3 nitrogen and oxygen atoms in total. The second-order valence-electron chi connectivity index (χ2n) is 6.36. The summed E-state index contributed by atoms with van der Waals surface area (Å²) in [5.41, 5.74) is 0.203. The van der Waals surface area contributed by atoms with Crippen molar-refractivity contribution >= 4 is 5.91 Å². The molecule has 0 radical (unpaired) electrons. The van der Waals surface area contributed by atoms with Gasteiger partial charge in [0, 0.05) is 5.54 Å². The Labute approximate surface area is 97.4 Å². The summed E-state index contributed by atoms with van der Waals surface area (Å²) < 4.78 is 0. The standard InChI is InChI=1S/C13H22N2O/c1-14-8-12(16)15-13-5-9-2-10(6-13)4-11(3-9)7-13/h9-11,14H,2-8H2,1H3,(H,15,16)/p+1. The number of hydrogen-bond donors (Lipinski definition) is 2. The molecule has 0 spiro atoms. The minimum atomic E-state index is 0.203. The van der Waals surface area contributed by atoms with Crippen LogP contribution >= 0.6 is 0 Å². The van der Waals surface area contributed by atoms with E-state index >= 15 is 0 Å². The largest absolute Gasteiger partial charge is 0.346 e. The summed E-state index contributed by atoms with van der Waals surface area (Å²) in [4.78, 5) is 11.8. The molecular weight excluding hydrogens is 200 g/mol. The van der Waals surface area contributed by atoms with Crippen molar-refractivity contribution in [1.82, 2.24) is 5.32 Å². The predicted octanol–water partition coefficient (Wildman–Crippen LogP) is 0.265. The Hall–Kier alpha value is -0.570. The van der Waals surface area contributed by atoms with Crippen molar-refractivity contribution in [3.05, 3.63) is 0 Å². The van der Waals surface area contributed by atoms with E-state index in [1.165, 1.54) is 38.5 Å². The van der Waals surface area contributed by atoms with Gasteiger partial charge in [-0.2, -0.15) is 0 Å². The Bertz CT molecular complexity index is 265. The maximum Gasteiger partial charge on any atom is 0.275 e. The van der Waals surface area contributed by atoms with Crippen LogP contribution in [0.3, 0.4) is 0 Å². The quantitative estimate of drug-likeness (QED) is 0.708. The van der Waals surface area contributed by atoms with E-state index < -0.39 is 0 Å². The lowest BCUT2D eigenvalue weighted by Gasteiger charge is -2.56. The number of nitrogens with one attached hydrogen (secondary N) is 1. The minimum Gasteiger partial charge on any atom is -0.346 e. The zero-order valence-corrected chi connectivity index (χ0v) is 10.2. The number of amides is 1. The van der Waals surface area contributed by atoms with E-state index in [-0.39, 0.29) is 11.4 Å². The van der Waals surface area contributed by atoms with Gasteiger partial charge in [-0.15, -0.1) is 0 Å². The number of carbonyl (C=O) groups excluding carboxylic acids is 1. The molecule has 1 amide bonds. The molecule has 0 atom stereocenters. The molecule has 0 saturated heterocycles. The average molecular weight is 223 g/mol. The summed E-state index contributed by atoms with van der Waals surface area (Å²) in [5, 5.41) is 5.31. The molecule has 16 heavy (non-hydrogen) atoms. The molecule has 4 bridgehead atoms. The number of hydrogen-bond acceptors (Lipinski definition) is 1. The predicted molar refractivity (Wildman–Crippen MR) is 61.8 cm³/mol. The molecule has 4 aliphatic carbocycles. The van der Waals surface area contributed by atoms with Crippen LogP contribution < -0.4 is 10.6 Å². The molecule has 3 heteroatoms. The summed E-state index contributed by atoms with van der Waals surface area (Å²) in [6, 6.07) is 0. The minimum absolute atomic E-state index is 0.203. The fourth-order valence-corrected chi connectivity index (χ4v) is 4.80. The van der Waals surface area contributed by atoms with E-state index in [1.54, 1.807) is 0 Å². The van der Waals surface area contributed by atoms with Crippen molar-refractivity contribution in [2.75, 3.05) is 13.6 Å². The van der Waals surface area contributed by atoms with Gasteiger partial charge in [-0.3, -0.25) is 4.79 Å². The first kappa shape index (κ1) is 10.6. The summed E-state index contributed by atoms with van der Waals surface area (Å²) in [7, 11) is 1.96. The van der Waals surface area contributed by atoms with E-state index in [2.05, 4.69) is 5.32 Å². The molecule has 0 aromatic heterocycles. The molecule has 4 fully saturated rings. The van der Waals surface area contributed by atoms with Crippen molar-refractivity contribution in [3.63, 3.8) is 0 Å². The van der Waals surface area contributed by atoms with Gasteiger partial charge < -0.3 is 10.6 Å². The lowest BCUT2D eigenvalue weighted by atomic mass is 9.53. The second kappa shape index (κ2) is 3.73. The molecular formula is C13H23N2O+. The molecule has 0 aromatic rings. The molecule has 0 aromatic carbocycles. The van der Waals surface area contributed by atoms with Gasteiger partial charge in [-0.1, -0.05) is 0 Å². The first-order valence-corrected chi connectivity index (χ1v) is 6.78. The molecule has 3 N–H and O–H groups in total. The number of carbonyl (C=O) groups is 1. The Morgan fingerprint density at radius 3 is 2.12 bits per heavy atom. The zero-order valence-electron chi connectivity index (χ0n) is 10.2. The van der Waals surface area contributed by atoms with Crippen LogP contribution in [0.25, 0.3) is 0 Å². The van der Waals surface area contributed by atoms with E-state index in [1.807, 2.05) is 12.4 Å². The van der Waals surface area contributed by atoms with Crippen LogP contribution in [0, 0.1) is 17.8 Å². The lowest BCUT2D eigenvalue weighted by molar-refractivity contribution is -0.615. The van der Waals surface area contributed by atoms with Gasteiger partial charge in [0.25, 0.3) is 5.91 Å². The van der Waals surface area contributed by atoms with Gasteiger partial charge in [0.2, 0.25) is 0 Å². The highest BCUT2D eigenvalue weighted by molar-refractivity contribution is 5.77. The number of quaternary nitrogens is 1. The maximum atomic E-state index is 11.8. The topological polar surface area (TPSA) is 45.7 Å². The van der Waals surface area contributed by atoms with Gasteiger partial charge in [-0.05, 0) is 56.3 Å². The highest BCUT2D eigenvalue weighted by Gasteiger charge is 2.51. The van der Waals surface area contributed by atoms with Gasteiger partial charge in [0.15, 0.2) is 6.54 Å². The van der Waals surface area contributed by atoms with Crippen molar-refractivity contribution in [2.45, 2.75) is 44.1 Å². The number of rotatable bonds is 3. The van der Waals surface area contributed by atoms with Crippen LogP contribution in [0.2, 0.25) is 0 Å². The molecule has 4 rings (SSSR count). The van der Waals surface area contributed by atoms with Gasteiger partial charge in [0.1, 0.15) is 0 Å². The van der Waals surface area contributed by atoms with Crippen LogP contribution in [0.5, 0.6) is 0 Å². The SMILES string of the molecule is C[NH2+]CC(=O)NC12CC3CC(CC(C3)C1)C2. The fourth-order valence-electron chi connectivity index (χ4n) is 4.80. The number of likely N-dealkylation sites (N-methyl/N-ethyl adjacent to an activating group) is 1. The third-order valence-electron chi connectivity index (χ3n) is 4.83. The lowest BCUT2D eigenvalue weighted by Crippen LogP contribution is -2.83. The van der Waals surface area contributed by atoms with E-state index in [4.69, 9.17) is 0 Å². The Kier molecular flexibility index (Phi) is 2.46. The van der Waals surface area contributed by atoms with Gasteiger partial charge in [-0.25, -0.2) is 0 Å². The Balaban J connectivity index is 1.71. The Morgan fingerprint density at radius 1 is 1.19 bits per heavy atom. The van der Waals surface area contributed by atoms with E-state index in [9.17, 15) is 4.79 Å². The second-order valence-corrected chi connectivity index (χ2v) is 6.36. The van der Waals surface area contributed by atoms with Crippen LogP contribution in [0.15, 0.2) is 0 Å². The molecule has 0 unspecified atom stereocenters.